The molecule has 0 aliphatic carbocycles. The average Bonchev–Trinajstić information content (AvgIpc) is 3.36. The van der Waals surface area contributed by atoms with Crippen LogP contribution in [0, 0.1) is 13.8 Å². The highest BCUT2D eigenvalue weighted by molar-refractivity contribution is 6.33. The minimum Gasteiger partial charge on any atom is -0.497 e. The number of rotatable bonds is 6. The number of nitrogens with zero attached hydrogens (tertiary/aromatic N) is 6. The summed E-state index contributed by atoms with van der Waals surface area (Å²) in [4.78, 5) is 14.8. The first-order valence-electron chi connectivity index (χ1n) is 10.3. The normalized spacial score (nSPS) is 11.6. The summed E-state index contributed by atoms with van der Waals surface area (Å²) in [5, 5.41) is 10.0. The number of aryl methyl sites for hydroxylation is 1. The number of halogens is 1. The number of ether oxygens (including phenoxy) is 1. The lowest BCUT2D eigenvalue weighted by Gasteiger charge is -2.09. The second-order valence-electron chi connectivity index (χ2n) is 7.52. The fourth-order valence-corrected chi connectivity index (χ4v) is 3.98. The predicted octanol–water partition coefficient (Wildman–Crippen LogP) is 4.90. The average molecular weight is 461 g/mol. The predicted molar refractivity (Wildman–Crippen MR) is 127 cm³/mol. The van der Waals surface area contributed by atoms with E-state index < -0.39 is 0 Å². The van der Waals surface area contributed by atoms with E-state index in [9.17, 15) is 0 Å². The molecule has 0 spiro atoms. The number of fused-ring (bicyclic) bond motifs is 3. The van der Waals surface area contributed by atoms with Gasteiger partial charge in [0.25, 0.3) is 0 Å². The molecule has 3 heterocycles. The molecule has 2 aromatic carbocycles. The SMILES string of the molecule is COc1cccc(-n2c(C)c(C)c3c2ncn2nc(CO/N=C\c4ccccc4Cl)nc32)c1. The molecule has 5 rings (SSSR count). The van der Waals surface area contributed by atoms with Crippen LogP contribution in [-0.4, -0.2) is 37.5 Å². The van der Waals surface area contributed by atoms with Crippen LogP contribution in [0.5, 0.6) is 5.75 Å². The van der Waals surface area contributed by atoms with Crippen LogP contribution in [0.15, 0.2) is 60.0 Å². The molecule has 166 valence electrons. The highest BCUT2D eigenvalue weighted by Crippen LogP contribution is 2.30. The summed E-state index contributed by atoms with van der Waals surface area (Å²) in [5.74, 6) is 1.29. The van der Waals surface area contributed by atoms with Crippen molar-refractivity contribution in [3.8, 4) is 11.4 Å². The van der Waals surface area contributed by atoms with Crippen LogP contribution in [-0.2, 0) is 11.4 Å². The lowest BCUT2D eigenvalue weighted by Crippen LogP contribution is -1.99. The summed E-state index contributed by atoms with van der Waals surface area (Å²) in [5.41, 5.74) is 5.43. The van der Waals surface area contributed by atoms with Crippen LogP contribution in [0.2, 0.25) is 5.02 Å². The van der Waals surface area contributed by atoms with E-state index in [2.05, 4.69) is 33.7 Å². The van der Waals surface area contributed by atoms with Gasteiger partial charge in [-0.2, -0.15) is 0 Å². The molecule has 0 saturated heterocycles. The van der Waals surface area contributed by atoms with Crippen molar-refractivity contribution in [2.24, 2.45) is 5.16 Å². The van der Waals surface area contributed by atoms with Gasteiger partial charge in [0.15, 0.2) is 23.7 Å². The van der Waals surface area contributed by atoms with Gasteiger partial charge in [0.1, 0.15) is 12.1 Å². The third-order valence-electron chi connectivity index (χ3n) is 5.55. The van der Waals surface area contributed by atoms with Crippen molar-refractivity contribution >= 4 is 34.5 Å². The maximum Gasteiger partial charge on any atom is 0.192 e. The second-order valence-corrected chi connectivity index (χ2v) is 7.92. The molecule has 0 aliphatic rings. The minimum absolute atomic E-state index is 0.124. The zero-order valence-electron chi connectivity index (χ0n) is 18.4. The van der Waals surface area contributed by atoms with Gasteiger partial charge in [-0.25, -0.2) is 14.5 Å². The van der Waals surface area contributed by atoms with Gasteiger partial charge in [0.2, 0.25) is 0 Å². The van der Waals surface area contributed by atoms with Crippen LogP contribution in [0.1, 0.15) is 22.6 Å². The van der Waals surface area contributed by atoms with E-state index in [0.29, 0.717) is 10.8 Å². The molecule has 8 nitrogen and oxygen atoms in total. The third-order valence-corrected chi connectivity index (χ3v) is 5.90. The smallest absolute Gasteiger partial charge is 0.192 e. The summed E-state index contributed by atoms with van der Waals surface area (Å²) in [6.45, 7) is 4.25. The van der Waals surface area contributed by atoms with Gasteiger partial charge in [-0.05, 0) is 37.6 Å². The van der Waals surface area contributed by atoms with Crippen LogP contribution < -0.4 is 4.74 Å². The summed E-state index contributed by atoms with van der Waals surface area (Å²) in [6, 6.07) is 15.3. The number of hydrogen-bond donors (Lipinski definition) is 0. The third kappa shape index (κ3) is 3.78. The minimum atomic E-state index is 0.124. The molecular weight excluding hydrogens is 440 g/mol. The molecule has 33 heavy (non-hydrogen) atoms. The number of methoxy groups -OCH3 is 1. The van der Waals surface area contributed by atoms with Crippen LogP contribution >= 0.6 is 11.6 Å². The Labute approximate surface area is 195 Å². The second kappa shape index (κ2) is 8.55. The number of benzene rings is 2. The lowest BCUT2D eigenvalue weighted by atomic mass is 10.2. The standard InChI is InChI=1S/C24H21ClN6O2/c1-15-16(2)31(18-8-6-9-19(11-18)32-3)23-22(15)24-28-21(29-30(24)14-26-23)13-33-27-12-17-7-4-5-10-20(17)25/h4-12,14H,13H2,1-3H3/b27-12-. The molecule has 0 amide bonds. The Morgan fingerprint density at radius 2 is 1.94 bits per heavy atom. The van der Waals surface area contributed by atoms with Crippen LogP contribution in [0.25, 0.3) is 22.4 Å². The molecule has 0 bridgehead atoms. The first-order chi connectivity index (χ1) is 16.1. The molecule has 9 heteroatoms. The summed E-state index contributed by atoms with van der Waals surface area (Å²) < 4.78 is 9.17. The first kappa shape index (κ1) is 21.0. The Bertz CT molecular complexity index is 1500. The Morgan fingerprint density at radius 3 is 2.76 bits per heavy atom. The highest BCUT2D eigenvalue weighted by atomic mass is 35.5. The van der Waals surface area contributed by atoms with Crippen molar-refractivity contribution in [2.75, 3.05) is 7.11 Å². The van der Waals surface area contributed by atoms with Gasteiger partial charge in [0, 0.05) is 22.3 Å². The van der Waals surface area contributed by atoms with Gasteiger partial charge in [0.05, 0.1) is 24.4 Å². The number of hydrogen-bond acceptors (Lipinski definition) is 6. The van der Waals surface area contributed by atoms with Crippen molar-refractivity contribution in [1.82, 2.24) is 24.1 Å². The van der Waals surface area contributed by atoms with E-state index in [1.54, 1.807) is 30.2 Å². The van der Waals surface area contributed by atoms with E-state index in [1.807, 2.05) is 42.5 Å². The fraction of sp³-hybridized carbons (Fsp3) is 0.167. The molecule has 0 atom stereocenters. The fourth-order valence-electron chi connectivity index (χ4n) is 3.80. The molecule has 0 radical (unpaired) electrons. The van der Waals surface area contributed by atoms with Crippen LogP contribution in [0.4, 0.5) is 0 Å². The van der Waals surface area contributed by atoms with Crippen molar-refractivity contribution in [3.63, 3.8) is 0 Å². The Hall–Kier alpha value is -3.91. The first-order valence-corrected chi connectivity index (χ1v) is 10.7. The Balaban J connectivity index is 1.48. The largest absolute Gasteiger partial charge is 0.497 e. The topological polar surface area (TPSA) is 78.8 Å². The molecule has 5 aromatic rings. The van der Waals surface area contributed by atoms with Gasteiger partial charge in [-0.3, -0.25) is 4.57 Å². The summed E-state index contributed by atoms with van der Waals surface area (Å²) in [7, 11) is 1.66. The Morgan fingerprint density at radius 1 is 1.09 bits per heavy atom. The lowest BCUT2D eigenvalue weighted by molar-refractivity contribution is 0.126. The summed E-state index contributed by atoms with van der Waals surface area (Å²) >= 11 is 6.13. The molecule has 0 unspecified atom stereocenters. The zero-order valence-corrected chi connectivity index (χ0v) is 19.1. The van der Waals surface area contributed by atoms with E-state index in [1.165, 1.54) is 0 Å². The van der Waals surface area contributed by atoms with E-state index >= 15 is 0 Å². The van der Waals surface area contributed by atoms with E-state index in [4.69, 9.17) is 26.2 Å². The molecule has 0 aliphatic heterocycles. The molecule has 0 fully saturated rings. The zero-order chi connectivity index (χ0) is 22.9. The van der Waals surface area contributed by atoms with Crippen molar-refractivity contribution in [2.45, 2.75) is 20.5 Å². The highest BCUT2D eigenvalue weighted by Gasteiger charge is 2.19. The van der Waals surface area contributed by atoms with Crippen molar-refractivity contribution < 1.29 is 9.57 Å². The van der Waals surface area contributed by atoms with Crippen molar-refractivity contribution in [1.29, 1.82) is 0 Å². The van der Waals surface area contributed by atoms with Gasteiger partial charge in [-0.1, -0.05) is 41.0 Å². The Kier molecular flexibility index (Phi) is 5.43. The van der Waals surface area contributed by atoms with Gasteiger partial charge < -0.3 is 9.57 Å². The monoisotopic (exact) mass is 460 g/mol. The molecule has 0 saturated carbocycles. The molecular formula is C24H21ClN6O2. The maximum absolute atomic E-state index is 6.13. The summed E-state index contributed by atoms with van der Waals surface area (Å²) in [6.07, 6.45) is 3.23. The number of oxime groups is 1. The maximum atomic E-state index is 6.13. The quantitative estimate of drug-likeness (QED) is 0.266. The van der Waals surface area contributed by atoms with E-state index in [0.717, 1.165) is 44.9 Å². The van der Waals surface area contributed by atoms with Crippen molar-refractivity contribution in [3.05, 3.63) is 82.5 Å². The van der Waals surface area contributed by atoms with Gasteiger partial charge in [-0.15, -0.1) is 5.10 Å². The molecule has 0 N–H and O–H groups in total. The van der Waals surface area contributed by atoms with E-state index in [-0.39, 0.29) is 6.61 Å². The van der Waals surface area contributed by atoms with Gasteiger partial charge >= 0.3 is 0 Å². The number of aromatic nitrogens is 5. The molecule has 3 aromatic heterocycles. The van der Waals surface area contributed by atoms with Crippen LogP contribution in [0.3, 0.4) is 0 Å².